The van der Waals surface area contributed by atoms with E-state index >= 15 is 0 Å². The number of benzene rings is 1. The zero-order valence-corrected chi connectivity index (χ0v) is 20.3. The average molecular weight is 495 g/mol. The molecular weight excluding hydrogens is 469 g/mol. The van der Waals surface area contributed by atoms with Crippen LogP contribution in [-0.2, 0) is 19.3 Å². The monoisotopic (exact) mass is 494 g/mol. The highest BCUT2D eigenvalue weighted by molar-refractivity contribution is 6.10. The van der Waals surface area contributed by atoms with Crippen molar-refractivity contribution in [2.75, 3.05) is 5.32 Å². The predicted molar refractivity (Wildman–Crippen MR) is 129 cm³/mol. The number of alkyl halides is 3. The van der Waals surface area contributed by atoms with Crippen LogP contribution in [0.1, 0.15) is 59.2 Å². The number of fused-ring (bicyclic) bond motifs is 1. The third-order valence-corrected chi connectivity index (χ3v) is 6.10. The molecule has 4 aromatic rings. The second kappa shape index (κ2) is 8.89. The number of amidine groups is 1. The first-order valence-corrected chi connectivity index (χ1v) is 11.5. The predicted octanol–water partition coefficient (Wildman–Crippen LogP) is 5.04. The molecule has 36 heavy (non-hydrogen) atoms. The van der Waals surface area contributed by atoms with Crippen LogP contribution in [0.4, 0.5) is 19.0 Å². The van der Waals surface area contributed by atoms with Gasteiger partial charge in [-0.25, -0.2) is 19.3 Å². The van der Waals surface area contributed by atoms with E-state index in [-0.39, 0.29) is 5.92 Å². The summed E-state index contributed by atoms with van der Waals surface area (Å²) in [5.74, 6) is 1.78. The lowest BCUT2D eigenvalue weighted by Gasteiger charge is -2.21. The summed E-state index contributed by atoms with van der Waals surface area (Å²) in [6.07, 6.45) is -1.11. The van der Waals surface area contributed by atoms with Crippen molar-refractivity contribution in [2.45, 2.75) is 52.9 Å². The van der Waals surface area contributed by atoms with Gasteiger partial charge in [0.15, 0.2) is 5.69 Å². The number of hydrogen-bond acceptors (Lipinski definition) is 6. The Hall–Kier alpha value is -4.02. The Morgan fingerprint density at radius 1 is 1.08 bits per heavy atom. The minimum Gasteiger partial charge on any atom is -0.325 e. The van der Waals surface area contributed by atoms with Gasteiger partial charge >= 0.3 is 6.18 Å². The van der Waals surface area contributed by atoms with Crippen LogP contribution in [0.3, 0.4) is 0 Å². The molecule has 8 nitrogen and oxygen atoms in total. The fraction of sp³-hybridized carbons (Fsp3) is 0.320. The third kappa shape index (κ3) is 4.36. The minimum absolute atomic E-state index is 0.210. The lowest BCUT2D eigenvalue weighted by Crippen LogP contribution is -2.25. The fourth-order valence-corrected chi connectivity index (χ4v) is 4.27. The molecule has 1 aliphatic rings. The quantitative estimate of drug-likeness (QED) is 0.420. The number of aliphatic imine (C=N–C) groups is 1. The van der Waals surface area contributed by atoms with E-state index in [0.717, 1.165) is 45.8 Å². The first kappa shape index (κ1) is 23.7. The van der Waals surface area contributed by atoms with Crippen molar-refractivity contribution in [3.63, 3.8) is 0 Å². The largest absolute Gasteiger partial charge is 0.435 e. The van der Waals surface area contributed by atoms with Gasteiger partial charge in [-0.2, -0.15) is 23.4 Å². The maximum absolute atomic E-state index is 13.0. The van der Waals surface area contributed by atoms with Crippen molar-refractivity contribution in [3.05, 3.63) is 82.3 Å². The van der Waals surface area contributed by atoms with E-state index < -0.39 is 11.9 Å². The topological polar surface area (TPSA) is 85.8 Å². The van der Waals surface area contributed by atoms with Crippen LogP contribution in [-0.4, -0.2) is 35.4 Å². The normalized spacial score (nSPS) is 13.5. The van der Waals surface area contributed by atoms with Gasteiger partial charge in [0.25, 0.3) is 0 Å². The van der Waals surface area contributed by atoms with Gasteiger partial charge in [-0.3, -0.25) is 4.99 Å². The van der Waals surface area contributed by atoms with Crippen LogP contribution in [0, 0.1) is 13.8 Å². The molecule has 1 N–H and O–H groups in total. The number of rotatable bonds is 5. The van der Waals surface area contributed by atoms with Gasteiger partial charge in [-0.15, -0.1) is 0 Å². The average Bonchev–Trinajstić information content (AvgIpc) is 3.42. The molecule has 0 aliphatic carbocycles. The molecule has 3 aromatic heterocycles. The highest BCUT2D eigenvalue weighted by atomic mass is 19.4. The van der Waals surface area contributed by atoms with Crippen LogP contribution in [0.25, 0.3) is 5.69 Å². The molecule has 4 heterocycles. The smallest absolute Gasteiger partial charge is 0.325 e. The van der Waals surface area contributed by atoms with Crippen molar-refractivity contribution in [1.82, 2.24) is 29.5 Å². The van der Waals surface area contributed by atoms with Gasteiger partial charge in [0, 0.05) is 11.3 Å². The summed E-state index contributed by atoms with van der Waals surface area (Å²) < 4.78 is 42.2. The highest BCUT2D eigenvalue weighted by Crippen LogP contribution is 2.30. The summed E-state index contributed by atoms with van der Waals surface area (Å²) in [7, 11) is 0. The van der Waals surface area contributed by atoms with Gasteiger partial charge in [-0.05, 0) is 43.5 Å². The summed E-state index contributed by atoms with van der Waals surface area (Å²) in [6, 6.07) is 8.28. The van der Waals surface area contributed by atoms with Crippen molar-refractivity contribution >= 4 is 11.7 Å². The SMILES string of the molecule is Cc1ncnc(C(C)C)c1C1=NCc2cnn(Cc3ccc(-n4nc(C(F)(F)F)cc4C)cc3)c2N1. The first-order valence-electron chi connectivity index (χ1n) is 11.5. The number of anilines is 1. The summed E-state index contributed by atoms with van der Waals surface area (Å²) in [4.78, 5) is 13.6. The zero-order valence-electron chi connectivity index (χ0n) is 20.3. The Kier molecular flexibility index (Phi) is 5.85. The molecule has 1 aliphatic heterocycles. The minimum atomic E-state index is -4.48. The zero-order chi connectivity index (χ0) is 25.6. The molecule has 0 atom stereocenters. The fourth-order valence-electron chi connectivity index (χ4n) is 4.27. The second-order valence-electron chi connectivity index (χ2n) is 9.09. The lowest BCUT2D eigenvalue weighted by atomic mass is 10.0. The van der Waals surface area contributed by atoms with Gasteiger partial charge in [0.2, 0.25) is 0 Å². The van der Waals surface area contributed by atoms with Crippen molar-refractivity contribution in [1.29, 1.82) is 0 Å². The molecule has 0 fully saturated rings. The van der Waals surface area contributed by atoms with E-state index in [2.05, 4.69) is 39.3 Å². The van der Waals surface area contributed by atoms with E-state index in [1.807, 2.05) is 23.7 Å². The Morgan fingerprint density at radius 3 is 2.50 bits per heavy atom. The molecule has 0 radical (unpaired) electrons. The molecule has 1 aromatic carbocycles. The maximum atomic E-state index is 13.0. The molecule has 0 unspecified atom stereocenters. The number of nitrogens with one attached hydrogen (secondary N) is 1. The molecular formula is C25H25F3N8. The van der Waals surface area contributed by atoms with Crippen LogP contribution < -0.4 is 5.32 Å². The van der Waals surface area contributed by atoms with E-state index in [1.54, 1.807) is 31.6 Å². The summed E-state index contributed by atoms with van der Waals surface area (Å²) in [5, 5.41) is 11.7. The number of hydrogen-bond donors (Lipinski definition) is 1. The summed E-state index contributed by atoms with van der Waals surface area (Å²) in [6.45, 7) is 8.68. The Morgan fingerprint density at radius 2 is 1.83 bits per heavy atom. The van der Waals surface area contributed by atoms with Crippen molar-refractivity contribution in [2.24, 2.45) is 4.99 Å². The molecule has 0 amide bonds. The Bertz CT molecular complexity index is 1450. The van der Waals surface area contributed by atoms with E-state index in [9.17, 15) is 13.2 Å². The van der Waals surface area contributed by atoms with Crippen LogP contribution in [0.15, 0.2) is 47.8 Å². The Labute approximate surface area is 205 Å². The molecule has 0 saturated carbocycles. The molecule has 0 saturated heterocycles. The van der Waals surface area contributed by atoms with E-state index in [1.165, 1.54) is 4.68 Å². The number of aromatic nitrogens is 6. The van der Waals surface area contributed by atoms with Gasteiger partial charge in [0.1, 0.15) is 18.0 Å². The number of nitrogens with zero attached hydrogens (tertiary/aromatic N) is 7. The number of aryl methyl sites for hydroxylation is 2. The van der Waals surface area contributed by atoms with Crippen molar-refractivity contribution in [3.8, 4) is 5.69 Å². The molecule has 186 valence electrons. The standard InChI is InChI=1S/C25H25F3N8/c1-14(2)22-21(16(4)30-13-31-22)23-29-10-18-11-32-35(24(18)33-23)12-17-5-7-19(8-6-17)36-15(3)9-20(34-36)25(26,27)28/h5-9,11,13-14H,10,12H2,1-4H3,(H,29,33). The number of halogens is 3. The van der Waals surface area contributed by atoms with Gasteiger partial charge in [0.05, 0.1) is 41.9 Å². The summed E-state index contributed by atoms with van der Waals surface area (Å²) in [5.41, 5.74) is 4.67. The molecule has 11 heteroatoms. The van der Waals surface area contributed by atoms with Crippen LogP contribution in [0.5, 0.6) is 0 Å². The van der Waals surface area contributed by atoms with Crippen molar-refractivity contribution < 1.29 is 13.2 Å². The van der Waals surface area contributed by atoms with Crippen LogP contribution >= 0.6 is 0 Å². The van der Waals surface area contributed by atoms with E-state index in [4.69, 9.17) is 4.99 Å². The highest BCUT2D eigenvalue weighted by Gasteiger charge is 2.34. The summed E-state index contributed by atoms with van der Waals surface area (Å²) >= 11 is 0. The second-order valence-corrected chi connectivity index (χ2v) is 9.09. The molecule has 5 rings (SSSR count). The first-order chi connectivity index (χ1) is 17.1. The van der Waals surface area contributed by atoms with Crippen LogP contribution in [0.2, 0.25) is 0 Å². The van der Waals surface area contributed by atoms with Gasteiger partial charge in [-0.1, -0.05) is 26.0 Å². The maximum Gasteiger partial charge on any atom is 0.435 e. The molecule has 0 spiro atoms. The van der Waals surface area contributed by atoms with Gasteiger partial charge < -0.3 is 5.32 Å². The van der Waals surface area contributed by atoms with E-state index in [0.29, 0.717) is 24.5 Å². The lowest BCUT2D eigenvalue weighted by molar-refractivity contribution is -0.141. The Balaban J connectivity index is 1.38. The molecule has 0 bridgehead atoms. The third-order valence-electron chi connectivity index (χ3n) is 6.10.